The maximum Gasteiger partial charge on any atom is 0.323 e. The van der Waals surface area contributed by atoms with Crippen molar-refractivity contribution in [1.82, 2.24) is 5.32 Å². The van der Waals surface area contributed by atoms with Crippen LogP contribution in [0.5, 0.6) is 0 Å². The first-order valence-electron chi connectivity index (χ1n) is 9.33. The van der Waals surface area contributed by atoms with Crippen LogP contribution in [0.3, 0.4) is 0 Å². The van der Waals surface area contributed by atoms with Gasteiger partial charge in [0, 0.05) is 0 Å². The van der Waals surface area contributed by atoms with Crippen molar-refractivity contribution in [1.29, 1.82) is 0 Å². The second kappa shape index (κ2) is 10.3. The molecule has 0 saturated carbocycles. The van der Waals surface area contributed by atoms with E-state index < -0.39 is 0 Å². The van der Waals surface area contributed by atoms with Crippen molar-refractivity contribution in [2.75, 3.05) is 6.54 Å². The van der Waals surface area contributed by atoms with E-state index in [1.54, 1.807) is 0 Å². The minimum atomic E-state index is -0.361. The lowest BCUT2D eigenvalue weighted by atomic mass is 10.1. The molecule has 0 amide bonds. The number of benzene rings is 3. The molecule has 0 radical (unpaired) electrons. The first-order valence-corrected chi connectivity index (χ1v) is 9.33. The monoisotopic (exact) mass is 359 g/mol. The van der Waals surface area contributed by atoms with Crippen LogP contribution in [0.25, 0.3) is 0 Å². The summed E-state index contributed by atoms with van der Waals surface area (Å²) in [4.78, 5) is 12.7. The molecule has 0 fully saturated rings. The number of carbonyl (C=O) groups excluding carboxylic acids is 1. The molecule has 27 heavy (non-hydrogen) atoms. The van der Waals surface area contributed by atoms with Crippen LogP contribution in [-0.4, -0.2) is 18.6 Å². The summed E-state index contributed by atoms with van der Waals surface area (Å²) in [6.45, 7) is 1.02. The van der Waals surface area contributed by atoms with Gasteiger partial charge in [-0.25, -0.2) is 0 Å². The number of rotatable bonds is 9. The average molecular weight is 359 g/mol. The molecule has 0 saturated heterocycles. The van der Waals surface area contributed by atoms with Crippen LogP contribution >= 0.6 is 0 Å². The Morgan fingerprint density at radius 3 is 1.85 bits per heavy atom. The molecule has 138 valence electrons. The van der Waals surface area contributed by atoms with Crippen molar-refractivity contribution in [2.45, 2.75) is 25.5 Å². The van der Waals surface area contributed by atoms with Crippen molar-refractivity contribution in [3.63, 3.8) is 0 Å². The van der Waals surface area contributed by atoms with Gasteiger partial charge in [0.25, 0.3) is 0 Å². The number of carbonyl (C=O) groups is 1. The van der Waals surface area contributed by atoms with Gasteiger partial charge in [-0.05, 0) is 36.1 Å². The summed E-state index contributed by atoms with van der Waals surface area (Å²) in [5.41, 5.74) is 3.36. The summed E-state index contributed by atoms with van der Waals surface area (Å²) in [5, 5.41) is 3.38. The van der Waals surface area contributed by atoms with Gasteiger partial charge in [0.05, 0.1) is 0 Å². The number of hydrogen-bond donors (Lipinski definition) is 1. The van der Waals surface area contributed by atoms with E-state index >= 15 is 0 Å². The molecule has 0 aromatic heterocycles. The van der Waals surface area contributed by atoms with Gasteiger partial charge in [-0.1, -0.05) is 91.0 Å². The molecule has 3 aromatic rings. The fourth-order valence-electron chi connectivity index (χ4n) is 2.95. The molecular formula is C24H25NO2. The third kappa shape index (κ3) is 6.39. The van der Waals surface area contributed by atoms with Crippen LogP contribution in [0.4, 0.5) is 0 Å². The maximum atomic E-state index is 12.7. The van der Waals surface area contributed by atoms with Gasteiger partial charge in [-0.15, -0.1) is 0 Å². The largest absolute Gasteiger partial charge is 0.460 e. The van der Waals surface area contributed by atoms with Crippen LogP contribution in [0, 0.1) is 0 Å². The van der Waals surface area contributed by atoms with E-state index in [9.17, 15) is 4.79 Å². The summed E-state index contributed by atoms with van der Waals surface area (Å²) in [6, 6.07) is 29.7. The quantitative estimate of drug-likeness (QED) is 0.583. The summed E-state index contributed by atoms with van der Waals surface area (Å²) in [6.07, 6.45) is 1.49. The molecule has 0 aliphatic heterocycles. The zero-order valence-corrected chi connectivity index (χ0v) is 15.4. The molecule has 0 aliphatic rings. The molecule has 1 atom stereocenters. The lowest BCUT2D eigenvalue weighted by Gasteiger charge is -2.18. The van der Waals surface area contributed by atoms with Crippen LogP contribution in [-0.2, 0) is 29.0 Å². The van der Waals surface area contributed by atoms with Crippen LogP contribution in [0.2, 0.25) is 0 Å². The fourth-order valence-corrected chi connectivity index (χ4v) is 2.95. The molecule has 1 N–H and O–H groups in total. The Morgan fingerprint density at radius 1 is 0.741 bits per heavy atom. The SMILES string of the molecule is O=C(OCc1ccccc1)[C@H](Cc1ccccc1)NCCc1ccccc1. The van der Waals surface area contributed by atoms with Gasteiger partial charge < -0.3 is 10.1 Å². The lowest BCUT2D eigenvalue weighted by Crippen LogP contribution is -2.40. The Hall–Kier alpha value is -2.91. The molecule has 0 aliphatic carbocycles. The molecule has 3 rings (SSSR count). The molecule has 0 unspecified atom stereocenters. The van der Waals surface area contributed by atoms with Gasteiger partial charge in [-0.3, -0.25) is 4.79 Å². The Morgan fingerprint density at radius 2 is 1.26 bits per heavy atom. The third-order valence-corrected chi connectivity index (χ3v) is 4.44. The van der Waals surface area contributed by atoms with E-state index in [1.165, 1.54) is 5.56 Å². The zero-order valence-electron chi connectivity index (χ0n) is 15.4. The second-order valence-electron chi connectivity index (χ2n) is 6.53. The highest BCUT2D eigenvalue weighted by molar-refractivity contribution is 5.76. The number of ether oxygens (including phenoxy) is 1. The zero-order chi connectivity index (χ0) is 18.7. The number of nitrogens with one attached hydrogen (secondary N) is 1. The van der Waals surface area contributed by atoms with Crippen molar-refractivity contribution in [3.05, 3.63) is 108 Å². The molecule has 3 aromatic carbocycles. The molecule has 0 spiro atoms. The molecule has 0 bridgehead atoms. The van der Waals surface area contributed by atoms with Crippen LogP contribution < -0.4 is 5.32 Å². The molecular weight excluding hydrogens is 334 g/mol. The maximum absolute atomic E-state index is 12.7. The first kappa shape index (κ1) is 18.9. The normalized spacial score (nSPS) is 11.7. The lowest BCUT2D eigenvalue weighted by molar-refractivity contribution is -0.147. The average Bonchev–Trinajstić information content (AvgIpc) is 2.73. The molecule has 3 heteroatoms. The molecule has 0 heterocycles. The van der Waals surface area contributed by atoms with Crippen LogP contribution in [0.15, 0.2) is 91.0 Å². The summed E-state index contributed by atoms with van der Waals surface area (Å²) < 4.78 is 5.56. The predicted molar refractivity (Wildman–Crippen MR) is 108 cm³/mol. The van der Waals surface area contributed by atoms with Gasteiger partial charge in [-0.2, -0.15) is 0 Å². The third-order valence-electron chi connectivity index (χ3n) is 4.44. The van der Waals surface area contributed by atoms with E-state index in [0.717, 1.165) is 24.1 Å². The van der Waals surface area contributed by atoms with Crippen molar-refractivity contribution in [3.8, 4) is 0 Å². The first-order chi connectivity index (χ1) is 13.3. The van der Waals surface area contributed by atoms with E-state index in [0.29, 0.717) is 13.0 Å². The van der Waals surface area contributed by atoms with Crippen LogP contribution in [0.1, 0.15) is 16.7 Å². The highest BCUT2D eigenvalue weighted by Gasteiger charge is 2.20. The Bertz CT molecular complexity index is 804. The summed E-state index contributed by atoms with van der Waals surface area (Å²) in [5.74, 6) is -0.212. The van der Waals surface area contributed by atoms with E-state index in [2.05, 4.69) is 17.4 Å². The smallest absolute Gasteiger partial charge is 0.323 e. The standard InChI is InChI=1S/C24H25NO2/c26-24(27-19-22-14-8-3-9-15-22)23(18-21-12-6-2-7-13-21)25-17-16-20-10-4-1-5-11-20/h1-15,23,25H,16-19H2/t23-/m0/s1. The van der Waals surface area contributed by atoms with Gasteiger partial charge in [0.2, 0.25) is 0 Å². The highest BCUT2D eigenvalue weighted by Crippen LogP contribution is 2.08. The van der Waals surface area contributed by atoms with E-state index in [-0.39, 0.29) is 12.0 Å². The van der Waals surface area contributed by atoms with Crippen molar-refractivity contribution in [2.24, 2.45) is 0 Å². The van der Waals surface area contributed by atoms with Gasteiger partial charge in [0.15, 0.2) is 0 Å². The highest BCUT2D eigenvalue weighted by atomic mass is 16.5. The minimum absolute atomic E-state index is 0.212. The predicted octanol–water partition coefficient (Wildman–Crippen LogP) is 4.17. The Kier molecular flexibility index (Phi) is 7.19. The summed E-state index contributed by atoms with van der Waals surface area (Å²) >= 11 is 0. The summed E-state index contributed by atoms with van der Waals surface area (Å²) in [7, 11) is 0. The molecule has 3 nitrogen and oxygen atoms in total. The van der Waals surface area contributed by atoms with Gasteiger partial charge in [0.1, 0.15) is 12.6 Å². The number of hydrogen-bond acceptors (Lipinski definition) is 3. The van der Waals surface area contributed by atoms with Gasteiger partial charge >= 0.3 is 5.97 Å². The van der Waals surface area contributed by atoms with Crippen molar-refractivity contribution < 1.29 is 9.53 Å². The fraction of sp³-hybridized carbons (Fsp3) is 0.208. The van der Waals surface area contributed by atoms with E-state index in [4.69, 9.17) is 4.74 Å². The van der Waals surface area contributed by atoms with E-state index in [1.807, 2.05) is 78.9 Å². The number of esters is 1. The van der Waals surface area contributed by atoms with Crippen molar-refractivity contribution >= 4 is 5.97 Å². The topological polar surface area (TPSA) is 38.3 Å². The Labute approximate surface area is 161 Å². The Balaban J connectivity index is 1.58. The second-order valence-corrected chi connectivity index (χ2v) is 6.53. The minimum Gasteiger partial charge on any atom is -0.460 e.